The molecule has 1 aliphatic heterocycles. The lowest BCUT2D eigenvalue weighted by Crippen LogP contribution is -2.38. The number of aliphatic imine (C=N–C) groups is 1. The average molecular weight is 732 g/mol. The molecule has 52 heavy (non-hydrogen) atoms. The van der Waals surface area contributed by atoms with Crippen LogP contribution in [0.2, 0.25) is 0 Å². The van der Waals surface area contributed by atoms with Crippen molar-refractivity contribution in [2.24, 2.45) is 21.5 Å². The number of hydrogen-bond donors (Lipinski definition) is 4. The number of aromatic amines is 1. The number of benzene rings is 3. The summed E-state index contributed by atoms with van der Waals surface area (Å²) >= 11 is 1.78. The molecule has 0 fully saturated rings. The number of rotatable bonds is 6. The molecule has 3 aromatic carbocycles. The predicted octanol–water partition coefficient (Wildman–Crippen LogP) is 8.81. The molecule has 2 unspecified atom stereocenters. The standard InChI is InChI=1S/C40H47F2N5O4S/c1-6-50-37(48)25(2)19-26-9-7-10-27(20-26)40(23-46-49)16-8-15-39(3,4)24-52-18-14-30-29-13-17-45-34(29)22-33(42)35(30)51-28-11-12-32(41)31(21-28)36(44-5)47-38(40)43/h7,9-13,17,20-23,25,45,49H,6,8,14-16,18-19,24H2,1-5H3,(H2,43,44,47)/b46-23-. The zero-order chi connectivity index (χ0) is 37.5. The Morgan fingerprint density at radius 2 is 2.00 bits per heavy atom. The minimum Gasteiger partial charge on any atom is -0.466 e. The lowest BCUT2D eigenvalue weighted by Gasteiger charge is -2.32. The number of aryl methyl sites for hydroxylation is 1. The molecular formula is C40H47F2N5O4S. The van der Waals surface area contributed by atoms with E-state index in [0.29, 0.717) is 36.8 Å². The number of ether oxygens (including phenoxy) is 2. The second-order valence-electron chi connectivity index (χ2n) is 14.0. The Bertz CT molecular complexity index is 1980. The number of fused-ring (bicyclic) bond motifs is 5. The van der Waals surface area contributed by atoms with E-state index in [2.05, 4.69) is 34.3 Å². The number of thioether (sulfide) groups is 1. The smallest absolute Gasteiger partial charge is 0.308 e. The molecule has 4 N–H and O–H groups in total. The monoisotopic (exact) mass is 731 g/mol. The quantitative estimate of drug-likeness (QED) is 0.0679. The Kier molecular flexibility index (Phi) is 12.4. The lowest BCUT2D eigenvalue weighted by molar-refractivity contribution is -0.147. The van der Waals surface area contributed by atoms with E-state index in [0.717, 1.165) is 34.4 Å². The first-order valence-corrected chi connectivity index (χ1v) is 18.7. The summed E-state index contributed by atoms with van der Waals surface area (Å²) in [5, 5.41) is 26.8. The molecular weight excluding hydrogens is 685 g/mol. The maximum atomic E-state index is 15.7. The number of nitrogens with one attached hydrogen (secondary N) is 3. The molecule has 276 valence electrons. The van der Waals surface area contributed by atoms with Crippen LogP contribution in [0.25, 0.3) is 10.9 Å². The minimum absolute atomic E-state index is 0.0130. The van der Waals surface area contributed by atoms with Gasteiger partial charge in [-0.15, -0.1) is 5.16 Å². The topological polar surface area (TPSA) is 132 Å². The third-order valence-electron chi connectivity index (χ3n) is 9.53. The number of oxime groups is 1. The number of aromatic nitrogens is 1. The van der Waals surface area contributed by atoms with Gasteiger partial charge in [-0.3, -0.25) is 10.2 Å². The van der Waals surface area contributed by atoms with Crippen molar-refractivity contribution in [1.82, 2.24) is 10.3 Å². The zero-order valence-electron chi connectivity index (χ0n) is 30.3. The van der Waals surface area contributed by atoms with Crippen LogP contribution in [0.5, 0.6) is 11.5 Å². The van der Waals surface area contributed by atoms with Crippen LogP contribution in [-0.2, 0) is 27.8 Å². The van der Waals surface area contributed by atoms with E-state index in [-0.39, 0.29) is 46.7 Å². The molecule has 9 nitrogen and oxygen atoms in total. The van der Waals surface area contributed by atoms with Crippen molar-refractivity contribution < 1.29 is 28.3 Å². The molecule has 0 amide bonds. The Balaban J connectivity index is 1.63. The van der Waals surface area contributed by atoms with Gasteiger partial charge < -0.3 is 25.0 Å². The van der Waals surface area contributed by atoms with Gasteiger partial charge in [0.15, 0.2) is 11.6 Å². The van der Waals surface area contributed by atoms with E-state index in [1.807, 2.05) is 30.3 Å². The van der Waals surface area contributed by atoms with Gasteiger partial charge in [0, 0.05) is 35.8 Å². The van der Waals surface area contributed by atoms with Crippen LogP contribution in [0.3, 0.4) is 0 Å². The van der Waals surface area contributed by atoms with Crippen LogP contribution >= 0.6 is 11.8 Å². The van der Waals surface area contributed by atoms with Gasteiger partial charge in [-0.05, 0) is 84.9 Å². The highest BCUT2D eigenvalue weighted by Gasteiger charge is 2.38. The largest absolute Gasteiger partial charge is 0.466 e. The van der Waals surface area contributed by atoms with Crippen molar-refractivity contribution >= 4 is 46.5 Å². The molecule has 0 aliphatic carbocycles. The highest BCUT2D eigenvalue weighted by atomic mass is 32.2. The van der Waals surface area contributed by atoms with Gasteiger partial charge in [0.05, 0.1) is 29.7 Å². The summed E-state index contributed by atoms with van der Waals surface area (Å²) in [4.78, 5) is 20.2. The Labute approximate surface area is 307 Å². The van der Waals surface area contributed by atoms with Crippen LogP contribution in [0.15, 0.2) is 70.9 Å². The summed E-state index contributed by atoms with van der Waals surface area (Å²) in [5.74, 6) is -0.184. The summed E-state index contributed by atoms with van der Waals surface area (Å²) < 4.78 is 42.7. The minimum atomic E-state index is -1.32. The molecule has 4 aromatic rings. The van der Waals surface area contributed by atoms with Crippen molar-refractivity contribution in [2.45, 2.75) is 65.2 Å². The molecule has 1 aliphatic rings. The van der Waals surface area contributed by atoms with Gasteiger partial charge in [-0.25, -0.2) is 13.8 Å². The maximum Gasteiger partial charge on any atom is 0.308 e. The highest BCUT2D eigenvalue weighted by molar-refractivity contribution is 7.99. The second-order valence-corrected chi connectivity index (χ2v) is 15.1. The molecule has 2 atom stereocenters. The summed E-state index contributed by atoms with van der Waals surface area (Å²) in [6, 6.07) is 14.9. The van der Waals surface area contributed by atoms with Crippen LogP contribution in [-0.4, -0.2) is 59.2 Å². The van der Waals surface area contributed by atoms with Gasteiger partial charge in [0.1, 0.15) is 23.2 Å². The highest BCUT2D eigenvalue weighted by Crippen LogP contribution is 2.39. The fourth-order valence-corrected chi connectivity index (χ4v) is 7.94. The van der Waals surface area contributed by atoms with Crippen molar-refractivity contribution in [2.75, 3.05) is 25.2 Å². The van der Waals surface area contributed by atoms with Crippen LogP contribution < -0.4 is 10.1 Å². The maximum absolute atomic E-state index is 15.7. The first-order valence-electron chi connectivity index (χ1n) is 17.6. The van der Waals surface area contributed by atoms with E-state index >= 15 is 8.78 Å². The van der Waals surface area contributed by atoms with Crippen molar-refractivity contribution in [3.8, 4) is 11.5 Å². The Morgan fingerprint density at radius 1 is 1.19 bits per heavy atom. The van der Waals surface area contributed by atoms with Gasteiger partial charge >= 0.3 is 5.97 Å². The second kappa shape index (κ2) is 16.8. The number of amidine groups is 2. The van der Waals surface area contributed by atoms with E-state index in [1.54, 1.807) is 38.9 Å². The van der Waals surface area contributed by atoms with Gasteiger partial charge in [0.25, 0.3) is 0 Å². The molecule has 0 spiro atoms. The molecule has 0 radical (unpaired) electrons. The number of H-pyrrole nitrogens is 1. The molecule has 2 heterocycles. The first kappa shape index (κ1) is 38.5. The zero-order valence-corrected chi connectivity index (χ0v) is 31.1. The number of carbonyl (C=O) groups excluding carboxylic acids is 1. The molecule has 1 aromatic heterocycles. The van der Waals surface area contributed by atoms with Crippen LogP contribution in [0.4, 0.5) is 8.78 Å². The molecule has 0 saturated carbocycles. The van der Waals surface area contributed by atoms with Crippen LogP contribution in [0, 0.1) is 28.4 Å². The van der Waals surface area contributed by atoms with Crippen LogP contribution in [0.1, 0.15) is 69.2 Å². The van der Waals surface area contributed by atoms with Gasteiger partial charge in [0.2, 0.25) is 0 Å². The number of carbonyl (C=O) groups is 1. The SMILES string of the molecule is CCOC(=O)C(C)Cc1cccc(C2(/C=N\O)CCCC(C)(C)CSCCc3c(c(F)cc4[nH]ccc34)Oc3ccc(F)c(c3)/C(NC)=N/C2=N)c1. The summed E-state index contributed by atoms with van der Waals surface area (Å²) in [5.41, 5.74) is 1.47. The molecule has 12 heteroatoms. The van der Waals surface area contributed by atoms with Gasteiger partial charge in [-0.2, -0.15) is 11.8 Å². The number of nitrogens with zero attached hydrogens (tertiary/aromatic N) is 2. The Morgan fingerprint density at radius 3 is 2.75 bits per heavy atom. The molecule has 5 rings (SSSR count). The van der Waals surface area contributed by atoms with Crippen molar-refractivity contribution in [3.63, 3.8) is 0 Å². The van der Waals surface area contributed by atoms with E-state index < -0.39 is 23.0 Å². The number of hydrogen-bond acceptors (Lipinski definition) is 8. The Hall–Kier alpha value is -4.71. The van der Waals surface area contributed by atoms with E-state index in [4.69, 9.17) is 9.47 Å². The molecule has 2 bridgehead atoms. The molecule has 0 saturated heterocycles. The van der Waals surface area contributed by atoms with Gasteiger partial charge in [-0.1, -0.05) is 51.5 Å². The number of halogens is 2. The average Bonchev–Trinajstić information content (AvgIpc) is 3.58. The fourth-order valence-electron chi connectivity index (χ4n) is 6.75. The van der Waals surface area contributed by atoms with Crippen molar-refractivity contribution in [1.29, 1.82) is 5.41 Å². The van der Waals surface area contributed by atoms with Crippen molar-refractivity contribution in [3.05, 3.63) is 94.7 Å². The summed E-state index contributed by atoms with van der Waals surface area (Å²) in [6.45, 7) is 8.24. The number of esters is 1. The lowest BCUT2D eigenvalue weighted by atomic mass is 9.74. The predicted molar refractivity (Wildman–Crippen MR) is 205 cm³/mol. The van der Waals surface area contributed by atoms with E-state index in [9.17, 15) is 15.4 Å². The third kappa shape index (κ3) is 8.66. The normalized spacial score (nSPS) is 20.2. The first-order chi connectivity index (χ1) is 24.9. The van der Waals surface area contributed by atoms with E-state index in [1.165, 1.54) is 30.5 Å². The summed E-state index contributed by atoms with van der Waals surface area (Å²) in [6.07, 6.45) is 5.84. The summed E-state index contributed by atoms with van der Waals surface area (Å²) in [7, 11) is 1.57. The fraction of sp³-hybridized carbons (Fsp3) is 0.400. The third-order valence-corrected chi connectivity index (χ3v) is 11.0.